The number of nitrogens with zero attached hydrogens (tertiary/aromatic N) is 1. The molecule has 2 aromatic rings. The van der Waals surface area contributed by atoms with Gasteiger partial charge in [-0.05, 0) is 49.2 Å². The highest BCUT2D eigenvalue weighted by Gasteiger charge is 2.25. The third-order valence-electron chi connectivity index (χ3n) is 5.24. The molecule has 168 valence electrons. The zero-order chi connectivity index (χ0) is 22.4. The van der Waals surface area contributed by atoms with Gasteiger partial charge in [0.05, 0.1) is 26.2 Å². The van der Waals surface area contributed by atoms with Crippen molar-refractivity contribution in [1.29, 1.82) is 0 Å². The van der Waals surface area contributed by atoms with E-state index < -0.39 is 10.0 Å². The molecule has 1 fully saturated rings. The van der Waals surface area contributed by atoms with Gasteiger partial charge in [0.15, 0.2) is 11.5 Å². The molecule has 31 heavy (non-hydrogen) atoms. The van der Waals surface area contributed by atoms with Crippen molar-refractivity contribution >= 4 is 21.6 Å². The number of amides is 1. The first kappa shape index (κ1) is 22.9. The van der Waals surface area contributed by atoms with Gasteiger partial charge in [-0.3, -0.25) is 4.79 Å². The normalized spacial score (nSPS) is 15.1. The van der Waals surface area contributed by atoms with Crippen molar-refractivity contribution in [2.45, 2.75) is 30.6 Å². The van der Waals surface area contributed by atoms with Gasteiger partial charge in [0, 0.05) is 24.3 Å². The Labute approximate surface area is 183 Å². The highest BCUT2D eigenvalue weighted by atomic mass is 32.2. The van der Waals surface area contributed by atoms with E-state index >= 15 is 0 Å². The van der Waals surface area contributed by atoms with Gasteiger partial charge in [-0.15, -0.1) is 0 Å². The largest absolute Gasteiger partial charge is 0.493 e. The van der Waals surface area contributed by atoms with Gasteiger partial charge in [0.2, 0.25) is 15.8 Å². The van der Waals surface area contributed by atoms with Crippen LogP contribution in [-0.2, 0) is 10.0 Å². The van der Waals surface area contributed by atoms with Crippen LogP contribution in [0.15, 0.2) is 41.3 Å². The van der Waals surface area contributed by atoms with Crippen LogP contribution in [0.25, 0.3) is 0 Å². The average molecular weight is 449 g/mol. The average Bonchev–Trinajstić information content (AvgIpc) is 3.08. The van der Waals surface area contributed by atoms with E-state index in [1.54, 1.807) is 28.6 Å². The van der Waals surface area contributed by atoms with Gasteiger partial charge in [-0.1, -0.05) is 12.8 Å². The number of hydrogen-bond donors (Lipinski definition) is 1. The van der Waals surface area contributed by atoms with Crippen molar-refractivity contribution in [2.75, 3.05) is 39.7 Å². The minimum Gasteiger partial charge on any atom is -0.493 e. The molecule has 0 aromatic heterocycles. The Hall–Kier alpha value is -2.78. The van der Waals surface area contributed by atoms with E-state index in [1.165, 1.54) is 33.5 Å². The van der Waals surface area contributed by atoms with Gasteiger partial charge in [-0.25, -0.2) is 8.42 Å². The molecule has 3 rings (SSSR count). The fourth-order valence-corrected chi connectivity index (χ4v) is 5.07. The van der Waals surface area contributed by atoms with Gasteiger partial charge >= 0.3 is 0 Å². The van der Waals surface area contributed by atoms with E-state index in [1.807, 2.05) is 0 Å². The smallest absolute Gasteiger partial charge is 0.255 e. The Morgan fingerprint density at radius 2 is 1.42 bits per heavy atom. The van der Waals surface area contributed by atoms with Crippen LogP contribution < -0.4 is 19.5 Å². The topological polar surface area (TPSA) is 94.2 Å². The number of nitrogens with one attached hydrogen (secondary N) is 1. The summed E-state index contributed by atoms with van der Waals surface area (Å²) < 4.78 is 43.2. The third kappa shape index (κ3) is 5.11. The van der Waals surface area contributed by atoms with Gasteiger partial charge in [0.1, 0.15) is 0 Å². The van der Waals surface area contributed by atoms with Crippen molar-refractivity contribution in [1.82, 2.24) is 4.31 Å². The van der Waals surface area contributed by atoms with Crippen LogP contribution in [0.5, 0.6) is 17.2 Å². The number of hydrogen-bond acceptors (Lipinski definition) is 6. The molecule has 0 saturated carbocycles. The number of benzene rings is 2. The quantitative estimate of drug-likeness (QED) is 0.696. The molecule has 0 bridgehead atoms. The molecule has 0 unspecified atom stereocenters. The van der Waals surface area contributed by atoms with Crippen molar-refractivity contribution in [3.05, 3.63) is 42.0 Å². The standard InChI is InChI=1S/C22H28N2O6S/c1-28-19-14-16(15-20(29-2)21(19)30-3)22(25)23-17-8-10-18(11-9-17)31(26,27)24-12-6-4-5-7-13-24/h8-11,14-15H,4-7,12-13H2,1-3H3,(H,23,25). The summed E-state index contributed by atoms with van der Waals surface area (Å²) in [5.74, 6) is 0.740. The molecule has 8 nitrogen and oxygen atoms in total. The van der Waals surface area contributed by atoms with Gasteiger partial charge in [-0.2, -0.15) is 4.31 Å². The molecule has 1 amide bonds. The Morgan fingerprint density at radius 1 is 0.871 bits per heavy atom. The molecule has 1 aliphatic rings. The summed E-state index contributed by atoms with van der Waals surface area (Å²) in [4.78, 5) is 13.0. The first-order valence-electron chi connectivity index (χ1n) is 10.1. The molecule has 0 aliphatic carbocycles. The van der Waals surface area contributed by atoms with E-state index in [-0.39, 0.29) is 10.8 Å². The maximum atomic E-state index is 12.9. The summed E-state index contributed by atoms with van der Waals surface area (Å²) in [5.41, 5.74) is 0.796. The molecule has 0 spiro atoms. The Balaban J connectivity index is 1.77. The lowest BCUT2D eigenvalue weighted by atomic mass is 10.1. The minimum atomic E-state index is -3.53. The number of carbonyl (C=O) groups excluding carboxylic acids is 1. The van der Waals surface area contributed by atoms with Crippen molar-refractivity contribution in [2.24, 2.45) is 0 Å². The van der Waals surface area contributed by atoms with Crippen LogP contribution in [0, 0.1) is 0 Å². The van der Waals surface area contributed by atoms with Crippen LogP contribution >= 0.6 is 0 Å². The summed E-state index contributed by atoms with van der Waals surface area (Å²) >= 11 is 0. The maximum absolute atomic E-state index is 12.9. The molecule has 9 heteroatoms. The summed E-state index contributed by atoms with van der Waals surface area (Å²) in [5, 5.41) is 2.77. The fourth-order valence-electron chi connectivity index (χ4n) is 3.56. The zero-order valence-electron chi connectivity index (χ0n) is 18.0. The second kappa shape index (κ2) is 10.0. The fraction of sp³-hybridized carbons (Fsp3) is 0.409. The van der Waals surface area contributed by atoms with E-state index in [2.05, 4.69) is 5.32 Å². The Morgan fingerprint density at radius 3 is 1.90 bits per heavy atom. The lowest BCUT2D eigenvalue weighted by molar-refractivity contribution is 0.102. The SMILES string of the molecule is COc1cc(C(=O)Nc2ccc(S(=O)(=O)N3CCCCCC3)cc2)cc(OC)c1OC. The predicted octanol–water partition coefficient (Wildman–Crippen LogP) is 3.53. The first-order valence-corrected chi connectivity index (χ1v) is 11.6. The molecule has 1 aliphatic heterocycles. The van der Waals surface area contributed by atoms with E-state index in [4.69, 9.17) is 14.2 Å². The summed E-state index contributed by atoms with van der Waals surface area (Å²) in [6.45, 7) is 1.09. The predicted molar refractivity (Wildman–Crippen MR) is 118 cm³/mol. The summed E-state index contributed by atoms with van der Waals surface area (Å²) in [7, 11) is 0.902. The second-order valence-corrected chi connectivity index (χ2v) is 9.15. The monoisotopic (exact) mass is 448 g/mol. The van der Waals surface area contributed by atoms with Crippen LogP contribution in [0.2, 0.25) is 0 Å². The van der Waals surface area contributed by atoms with Gasteiger partial charge < -0.3 is 19.5 Å². The zero-order valence-corrected chi connectivity index (χ0v) is 18.8. The van der Waals surface area contributed by atoms with Crippen molar-refractivity contribution in [3.8, 4) is 17.2 Å². The van der Waals surface area contributed by atoms with Crippen LogP contribution in [0.1, 0.15) is 36.0 Å². The highest BCUT2D eigenvalue weighted by Crippen LogP contribution is 2.38. The Kier molecular flexibility index (Phi) is 7.40. The second-order valence-electron chi connectivity index (χ2n) is 7.21. The van der Waals surface area contributed by atoms with Crippen LogP contribution in [0.4, 0.5) is 5.69 Å². The van der Waals surface area contributed by atoms with Gasteiger partial charge in [0.25, 0.3) is 5.91 Å². The molecule has 0 atom stereocenters. The minimum absolute atomic E-state index is 0.222. The van der Waals surface area contributed by atoms with E-state index in [0.29, 0.717) is 41.6 Å². The number of carbonyl (C=O) groups is 1. The highest BCUT2D eigenvalue weighted by molar-refractivity contribution is 7.89. The van der Waals surface area contributed by atoms with E-state index in [9.17, 15) is 13.2 Å². The van der Waals surface area contributed by atoms with Crippen LogP contribution in [-0.4, -0.2) is 53.0 Å². The summed E-state index contributed by atoms with van der Waals surface area (Å²) in [6.07, 6.45) is 3.86. The molecule has 1 N–H and O–H groups in total. The summed E-state index contributed by atoms with van der Waals surface area (Å²) in [6, 6.07) is 9.31. The molecule has 0 radical (unpaired) electrons. The van der Waals surface area contributed by atoms with E-state index in [0.717, 1.165) is 25.7 Å². The molecule has 1 heterocycles. The van der Waals surface area contributed by atoms with Crippen molar-refractivity contribution < 1.29 is 27.4 Å². The maximum Gasteiger partial charge on any atom is 0.255 e. The number of ether oxygens (including phenoxy) is 3. The molecule has 2 aromatic carbocycles. The molecular formula is C22H28N2O6S. The third-order valence-corrected chi connectivity index (χ3v) is 7.15. The van der Waals surface area contributed by atoms with Crippen molar-refractivity contribution in [3.63, 3.8) is 0 Å². The Bertz CT molecular complexity index is 988. The number of rotatable bonds is 7. The molecular weight excluding hydrogens is 420 g/mol. The number of sulfonamides is 1. The lowest BCUT2D eigenvalue weighted by Crippen LogP contribution is -2.31. The lowest BCUT2D eigenvalue weighted by Gasteiger charge is -2.20. The number of anilines is 1. The number of methoxy groups -OCH3 is 3. The molecule has 1 saturated heterocycles. The van der Waals surface area contributed by atoms with Crippen LogP contribution in [0.3, 0.4) is 0 Å². The first-order chi connectivity index (χ1) is 14.9.